The van der Waals surface area contributed by atoms with Gasteiger partial charge in [-0.3, -0.25) is 4.79 Å². The minimum Gasteiger partial charge on any atom is -0.478 e. The summed E-state index contributed by atoms with van der Waals surface area (Å²) in [5, 5.41) is 0.915. The third kappa shape index (κ3) is 5.53. The number of unbranched alkanes of at least 4 members (excludes halogenated alkanes) is 1. The first-order valence-corrected chi connectivity index (χ1v) is 9.47. The molecule has 2 rings (SSSR count). The zero-order valence-corrected chi connectivity index (χ0v) is 15.8. The Hall–Kier alpha value is -1.94. The van der Waals surface area contributed by atoms with E-state index < -0.39 is 0 Å². The lowest BCUT2D eigenvalue weighted by Gasteiger charge is -2.17. The van der Waals surface area contributed by atoms with Crippen molar-refractivity contribution >= 4 is 16.7 Å². The van der Waals surface area contributed by atoms with Crippen LogP contribution in [0.1, 0.15) is 56.8 Å². The van der Waals surface area contributed by atoms with E-state index in [9.17, 15) is 4.79 Å². The zero-order valence-electron chi connectivity index (χ0n) is 15.8. The Balaban J connectivity index is 2.15. The Labute approximate surface area is 151 Å². The number of carbonyl (C=O) groups is 1. The maximum absolute atomic E-state index is 12.8. The number of pyridine rings is 1. The fourth-order valence-electron chi connectivity index (χ4n) is 2.91. The van der Waals surface area contributed by atoms with Crippen LogP contribution >= 0.6 is 0 Å². The quantitative estimate of drug-likeness (QED) is 0.438. The lowest BCUT2D eigenvalue weighted by molar-refractivity contribution is 0.0976. The zero-order chi connectivity index (χ0) is 18.1. The van der Waals surface area contributed by atoms with E-state index in [1.54, 1.807) is 0 Å². The van der Waals surface area contributed by atoms with Gasteiger partial charge in [0.25, 0.3) is 0 Å². The molecule has 4 heteroatoms. The van der Waals surface area contributed by atoms with Crippen LogP contribution in [0, 0.1) is 0 Å². The largest absolute Gasteiger partial charge is 0.478 e. The van der Waals surface area contributed by atoms with Gasteiger partial charge in [-0.1, -0.05) is 45.4 Å². The summed E-state index contributed by atoms with van der Waals surface area (Å²) in [6.07, 6.45) is 3.49. The molecule has 0 N–H and O–H groups in total. The van der Waals surface area contributed by atoms with Gasteiger partial charge < -0.3 is 9.64 Å². The maximum Gasteiger partial charge on any atom is 0.214 e. The number of benzene rings is 1. The molecule has 0 spiro atoms. The van der Waals surface area contributed by atoms with Crippen molar-refractivity contribution in [3.05, 3.63) is 35.9 Å². The molecule has 4 nitrogen and oxygen atoms in total. The lowest BCUT2D eigenvalue weighted by atomic mass is 10.0. The van der Waals surface area contributed by atoms with Gasteiger partial charge >= 0.3 is 0 Å². The number of carbonyl (C=O) groups excluding carboxylic acids is 1. The minimum absolute atomic E-state index is 0.172. The molecule has 0 radical (unpaired) electrons. The molecule has 0 saturated heterocycles. The predicted molar refractivity (Wildman–Crippen MR) is 103 cm³/mol. The number of ketones is 1. The minimum atomic E-state index is 0.172. The van der Waals surface area contributed by atoms with E-state index >= 15 is 0 Å². The molecule has 0 amide bonds. The molecule has 0 aliphatic carbocycles. The molecule has 0 unspecified atom stereocenters. The van der Waals surface area contributed by atoms with Gasteiger partial charge in [-0.25, -0.2) is 4.98 Å². The molecule has 0 aliphatic heterocycles. The van der Waals surface area contributed by atoms with Crippen LogP contribution in [-0.2, 0) is 0 Å². The van der Waals surface area contributed by atoms with Crippen LogP contribution in [0.2, 0.25) is 0 Å². The molecule has 0 saturated carbocycles. The number of hydrogen-bond donors (Lipinski definition) is 0. The van der Waals surface area contributed by atoms with Crippen LogP contribution < -0.4 is 4.74 Å². The van der Waals surface area contributed by atoms with E-state index in [2.05, 4.69) is 30.7 Å². The Morgan fingerprint density at radius 2 is 1.88 bits per heavy atom. The van der Waals surface area contributed by atoms with Crippen molar-refractivity contribution in [3.8, 4) is 5.88 Å². The number of aromatic nitrogens is 1. The SMILES string of the molecule is CCCCOc1cc(C(=O)CCCN(CC)CC)c2ccccc2n1. The van der Waals surface area contributed by atoms with Gasteiger partial charge in [0.1, 0.15) is 0 Å². The Bertz CT molecular complexity index is 681. The van der Waals surface area contributed by atoms with Crippen LogP contribution in [-0.4, -0.2) is 41.9 Å². The smallest absolute Gasteiger partial charge is 0.214 e. The van der Waals surface area contributed by atoms with Crippen LogP contribution in [0.3, 0.4) is 0 Å². The number of rotatable bonds is 11. The van der Waals surface area contributed by atoms with Gasteiger partial charge in [0.05, 0.1) is 12.1 Å². The lowest BCUT2D eigenvalue weighted by Crippen LogP contribution is -2.24. The molecule has 0 fully saturated rings. The summed E-state index contributed by atoms with van der Waals surface area (Å²) < 4.78 is 5.75. The fourth-order valence-corrected chi connectivity index (χ4v) is 2.91. The summed E-state index contributed by atoms with van der Waals surface area (Å²) in [4.78, 5) is 19.7. The van der Waals surface area contributed by atoms with Crippen molar-refractivity contribution in [2.45, 2.75) is 46.5 Å². The predicted octanol–water partition coefficient (Wildman–Crippen LogP) is 4.72. The highest BCUT2D eigenvalue weighted by atomic mass is 16.5. The van der Waals surface area contributed by atoms with Gasteiger partial charge in [-0.2, -0.15) is 0 Å². The van der Waals surface area contributed by atoms with Crippen LogP contribution in [0.5, 0.6) is 5.88 Å². The summed E-state index contributed by atoms with van der Waals surface area (Å²) in [5.74, 6) is 0.727. The highest BCUT2D eigenvalue weighted by Crippen LogP contribution is 2.24. The summed E-state index contributed by atoms with van der Waals surface area (Å²) in [6.45, 7) is 10.1. The standard InChI is InChI=1S/C21H30N2O2/c1-4-7-15-25-21-16-18(17-11-8-9-12-19(17)22-21)20(24)13-10-14-23(5-2)6-3/h8-9,11-12,16H,4-7,10,13-15H2,1-3H3. The third-order valence-electron chi connectivity index (χ3n) is 4.51. The van der Waals surface area contributed by atoms with Gasteiger partial charge in [-0.05, 0) is 38.5 Å². The highest BCUT2D eigenvalue weighted by Gasteiger charge is 2.14. The van der Waals surface area contributed by atoms with Crippen molar-refractivity contribution in [2.24, 2.45) is 0 Å². The summed E-state index contributed by atoms with van der Waals surface area (Å²) in [6, 6.07) is 9.62. The fraction of sp³-hybridized carbons (Fsp3) is 0.524. The van der Waals surface area contributed by atoms with Crippen LogP contribution in [0.25, 0.3) is 10.9 Å². The van der Waals surface area contributed by atoms with Crippen LogP contribution in [0.15, 0.2) is 30.3 Å². The highest BCUT2D eigenvalue weighted by molar-refractivity contribution is 6.07. The number of nitrogens with zero attached hydrogens (tertiary/aromatic N) is 2. The number of Topliss-reactive ketones (excluding diaryl/α,β-unsaturated/α-hetero) is 1. The number of para-hydroxylation sites is 1. The molecular weight excluding hydrogens is 312 g/mol. The van der Waals surface area contributed by atoms with E-state index in [-0.39, 0.29) is 5.78 Å². The van der Waals surface area contributed by atoms with Gasteiger partial charge in [0.2, 0.25) is 5.88 Å². The summed E-state index contributed by atoms with van der Waals surface area (Å²) in [5.41, 5.74) is 1.56. The molecular formula is C21H30N2O2. The average Bonchev–Trinajstić information content (AvgIpc) is 2.64. The van der Waals surface area contributed by atoms with E-state index in [1.165, 1.54) is 0 Å². The normalized spacial score (nSPS) is 11.2. The first-order valence-electron chi connectivity index (χ1n) is 9.47. The van der Waals surface area contributed by atoms with Crippen molar-refractivity contribution < 1.29 is 9.53 Å². The monoisotopic (exact) mass is 342 g/mol. The first kappa shape index (κ1) is 19.4. The van der Waals surface area contributed by atoms with E-state index in [4.69, 9.17) is 4.74 Å². The number of ether oxygens (including phenoxy) is 1. The molecule has 0 bridgehead atoms. The number of hydrogen-bond acceptors (Lipinski definition) is 4. The maximum atomic E-state index is 12.8. The van der Waals surface area contributed by atoms with E-state index in [0.717, 1.165) is 55.4 Å². The van der Waals surface area contributed by atoms with Crippen LogP contribution in [0.4, 0.5) is 0 Å². The molecule has 1 aromatic carbocycles. The van der Waals surface area contributed by atoms with Gasteiger partial charge in [0, 0.05) is 23.4 Å². The molecule has 136 valence electrons. The summed E-state index contributed by atoms with van der Waals surface area (Å²) >= 11 is 0. The van der Waals surface area contributed by atoms with Gasteiger partial charge in [0.15, 0.2) is 5.78 Å². The Morgan fingerprint density at radius 1 is 1.12 bits per heavy atom. The van der Waals surface area contributed by atoms with Crippen molar-refractivity contribution in [1.29, 1.82) is 0 Å². The second kappa shape index (κ2) is 10.1. The Morgan fingerprint density at radius 3 is 2.60 bits per heavy atom. The van der Waals surface area contributed by atoms with Crippen molar-refractivity contribution in [2.75, 3.05) is 26.2 Å². The molecule has 1 heterocycles. The molecule has 25 heavy (non-hydrogen) atoms. The van der Waals surface area contributed by atoms with E-state index in [0.29, 0.717) is 18.9 Å². The number of fused-ring (bicyclic) bond motifs is 1. The van der Waals surface area contributed by atoms with Crippen molar-refractivity contribution in [3.63, 3.8) is 0 Å². The molecule has 0 aliphatic rings. The van der Waals surface area contributed by atoms with Crippen molar-refractivity contribution in [1.82, 2.24) is 9.88 Å². The second-order valence-corrected chi connectivity index (χ2v) is 6.28. The molecule has 2 aromatic rings. The summed E-state index contributed by atoms with van der Waals surface area (Å²) in [7, 11) is 0. The Kier molecular flexibility index (Phi) is 7.86. The van der Waals surface area contributed by atoms with E-state index in [1.807, 2.05) is 30.3 Å². The van der Waals surface area contributed by atoms with Gasteiger partial charge in [-0.15, -0.1) is 0 Å². The molecule has 1 aromatic heterocycles. The first-order chi connectivity index (χ1) is 12.2. The second-order valence-electron chi connectivity index (χ2n) is 6.28. The molecule has 0 atom stereocenters. The third-order valence-corrected chi connectivity index (χ3v) is 4.51. The topological polar surface area (TPSA) is 42.4 Å². The average molecular weight is 342 g/mol.